The van der Waals surface area contributed by atoms with E-state index in [9.17, 15) is 26.2 Å². The van der Waals surface area contributed by atoms with Crippen LogP contribution < -0.4 is 5.73 Å². The molecule has 182 valence electrons. The molecule has 0 radical (unpaired) electrons. The predicted molar refractivity (Wildman–Crippen MR) is 118 cm³/mol. The average Bonchev–Trinajstić information content (AvgIpc) is 2.66. The number of ether oxygens (including phenoxy) is 2. The van der Waals surface area contributed by atoms with Gasteiger partial charge in [0.25, 0.3) is 0 Å². The van der Waals surface area contributed by atoms with Crippen LogP contribution in [-0.4, -0.2) is 69.6 Å². The Bertz CT molecular complexity index is 975. The molecule has 0 saturated carbocycles. The van der Waals surface area contributed by atoms with E-state index in [1.54, 1.807) is 32.9 Å². The zero-order valence-electron chi connectivity index (χ0n) is 18.7. The number of nitrogens with two attached hydrogens (primary N) is 1. The number of nitrogens with zero attached hydrogens (tertiary/aromatic N) is 1. The number of hydrogen-bond donors (Lipinski definition) is 1. The highest BCUT2D eigenvalue weighted by molar-refractivity contribution is 7.92. The van der Waals surface area contributed by atoms with E-state index in [2.05, 4.69) is 0 Å². The first-order chi connectivity index (χ1) is 14.6. The maximum atomic E-state index is 12.0. The van der Waals surface area contributed by atoms with E-state index < -0.39 is 37.8 Å². The van der Waals surface area contributed by atoms with Crippen LogP contribution in [0.3, 0.4) is 0 Å². The number of sulfonamides is 1. The Morgan fingerprint density at radius 2 is 1.72 bits per heavy atom. The van der Waals surface area contributed by atoms with Crippen molar-refractivity contribution in [3.63, 3.8) is 0 Å². The van der Waals surface area contributed by atoms with Crippen LogP contribution in [-0.2, 0) is 34.4 Å². The summed E-state index contributed by atoms with van der Waals surface area (Å²) in [5.41, 5.74) is 6.08. The Kier molecular flexibility index (Phi) is 10.5. The van der Waals surface area contributed by atoms with Gasteiger partial charge in [0.2, 0.25) is 10.0 Å². The number of esters is 1. The summed E-state index contributed by atoms with van der Waals surface area (Å²) in [6.07, 6.45) is 1.25. The Morgan fingerprint density at radius 1 is 1.19 bits per heavy atom. The Hall–Kier alpha value is -1.83. The van der Waals surface area contributed by atoms with Crippen LogP contribution in [0.4, 0.5) is 0 Å². The van der Waals surface area contributed by atoms with Gasteiger partial charge in [0.1, 0.15) is 15.7 Å². The molecule has 1 heterocycles. The Morgan fingerprint density at radius 3 is 2.19 bits per heavy atom. The third kappa shape index (κ3) is 11.2. The van der Waals surface area contributed by atoms with Crippen LogP contribution in [0.1, 0.15) is 32.8 Å². The quantitative estimate of drug-likeness (QED) is 0.455. The molecule has 0 spiro atoms. The lowest BCUT2D eigenvalue weighted by Gasteiger charge is -2.24. The summed E-state index contributed by atoms with van der Waals surface area (Å²) in [4.78, 5) is 11.4. The van der Waals surface area contributed by atoms with Gasteiger partial charge in [-0.3, -0.25) is 4.79 Å². The molecule has 1 aromatic carbocycles. The normalized spacial score (nSPS) is 16.8. The second-order valence-electron chi connectivity index (χ2n) is 8.11. The largest absolute Gasteiger partial charge is 0.744 e. The van der Waals surface area contributed by atoms with Crippen molar-refractivity contribution in [1.82, 2.24) is 4.31 Å². The maximum absolute atomic E-state index is 12.0. The van der Waals surface area contributed by atoms with Gasteiger partial charge in [0.05, 0.1) is 24.5 Å². The fourth-order valence-electron chi connectivity index (χ4n) is 2.44. The van der Waals surface area contributed by atoms with Crippen LogP contribution in [0.2, 0.25) is 0 Å². The topological polar surface area (TPSA) is 156 Å². The summed E-state index contributed by atoms with van der Waals surface area (Å²) in [5, 5.41) is 1.05. The molecular weight excluding hydrogens is 460 g/mol. The second kappa shape index (κ2) is 11.9. The van der Waals surface area contributed by atoms with Crippen molar-refractivity contribution in [3.05, 3.63) is 41.3 Å². The fourth-order valence-corrected chi connectivity index (χ4v) is 4.14. The molecule has 1 aliphatic heterocycles. The molecule has 10 nitrogen and oxygen atoms in total. The molecule has 1 saturated heterocycles. The number of hydrogen-bond acceptors (Lipinski definition) is 9. The molecule has 1 aromatic rings. The van der Waals surface area contributed by atoms with Gasteiger partial charge >= 0.3 is 5.97 Å². The monoisotopic (exact) mass is 491 g/mol. The number of carbonyl (C=O) groups excluding carboxylic acids is 1. The van der Waals surface area contributed by atoms with E-state index in [0.29, 0.717) is 26.3 Å². The molecule has 0 aliphatic carbocycles. The van der Waals surface area contributed by atoms with E-state index in [4.69, 9.17) is 15.2 Å². The standard InChI is InChI=1S/C13H24N2O5S.C7H8O3S/c1-13(2,3)20-12(16)10-11(14)4-9-21(17,18)15-5-7-19-8-6-15;1-6-2-4-7(5-3-6)11(8,9)10/h4,9,11H,5-8,10,14H2,1-3H3;2-5H,1H3,(H,8,9,10)/p-1/b9-4+;/t11-;/m1./s1. The van der Waals surface area contributed by atoms with Crippen molar-refractivity contribution >= 4 is 26.1 Å². The maximum Gasteiger partial charge on any atom is 0.308 e. The molecule has 2 N–H and O–H groups in total. The third-order valence-corrected chi connectivity index (χ3v) is 6.40. The molecule has 0 bridgehead atoms. The molecule has 0 amide bonds. The highest BCUT2D eigenvalue weighted by Crippen LogP contribution is 2.11. The SMILES string of the molecule is CC(C)(C)OC(=O)C[C@H](N)/C=C/S(=O)(=O)N1CCOCC1.Cc1ccc(S(=O)(=O)[O-])cc1. The zero-order chi connectivity index (χ0) is 24.6. The van der Waals surface area contributed by atoms with Crippen LogP contribution in [0, 0.1) is 6.92 Å². The molecule has 1 atom stereocenters. The van der Waals surface area contributed by atoms with Crippen molar-refractivity contribution in [2.24, 2.45) is 5.73 Å². The molecule has 1 fully saturated rings. The number of morpholine rings is 1. The first-order valence-corrected chi connectivity index (χ1v) is 12.8. The highest BCUT2D eigenvalue weighted by atomic mass is 32.2. The van der Waals surface area contributed by atoms with Crippen molar-refractivity contribution in [2.75, 3.05) is 26.3 Å². The number of rotatable bonds is 6. The number of aryl methyl sites for hydroxylation is 1. The average molecular weight is 492 g/mol. The lowest BCUT2D eigenvalue weighted by molar-refractivity contribution is -0.154. The van der Waals surface area contributed by atoms with Gasteiger partial charge in [0, 0.05) is 24.5 Å². The van der Waals surface area contributed by atoms with Gasteiger partial charge in [-0.25, -0.2) is 16.8 Å². The minimum Gasteiger partial charge on any atom is -0.744 e. The molecule has 12 heteroatoms. The van der Waals surface area contributed by atoms with Gasteiger partial charge < -0.3 is 19.8 Å². The Labute approximate surface area is 190 Å². The number of benzene rings is 1. The zero-order valence-corrected chi connectivity index (χ0v) is 20.3. The first kappa shape index (κ1) is 28.2. The van der Waals surface area contributed by atoms with Crippen molar-refractivity contribution in [1.29, 1.82) is 0 Å². The van der Waals surface area contributed by atoms with Crippen molar-refractivity contribution in [3.8, 4) is 0 Å². The Balaban J connectivity index is 0.000000389. The van der Waals surface area contributed by atoms with Crippen LogP contribution in [0.5, 0.6) is 0 Å². The summed E-state index contributed by atoms with van der Waals surface area (Å²) in [6, 6.07) is 5.08. The van der Waals surface area contributed by atoms with E-state index in [1.807, 2.05) is 6.92 Å². The lowest BCUT2D eigenvalue weighted by atomic mass is 10.2. The van der Waals surface area contributed by atoms with E-state index in [1.165, 1.54) is 22.5 Å². The van der Waals surface area contributed by atoms with Crippen LogP contribution in [0.15, 0.2) is 40.6 Å². The minimum absolute atomic E-state index is 0.0631. The van der Waals surface area contributed by atoms with Gasteiger partial charge in [0.15, 0.2) is 0 Å². The minimum atomic E-state index is -4.27. The summed E-state index contributed by atoms with van der Waals surface area (Å²) in [6.45, 7) is 8.52. The van der Waals surface area contributed by atoms with Gasteiger partial charge in [-0.05, 0) is 39.8 Å². The molecule has 2 rings (SSSR count). The van der Waals surface area contributed by atoms with Gasteiger partial charge in [-0.2, -0.15) is 4.31 Å². The smallest absolute Gasteiger partial charge is 0.308 e. The highest BCUT2D eigenvalue weighted by Gasteiger charge is 2.22. The van der Waals surface area contributed by atoms with Crippen LogP contribution >= 0.6 is 0 Å². The van der Waals surface area contributed by atoms with E-state index in [0.717, 1.165) is 11.0 Å². The van der Waals surface area contributed by atoms with Crippen molar-refractivity contribution in [2.45, 2.75) is 50.7 Å². The summed E-state index contributed by atoms with van der Waals surface area (Å²) < 4.78 is 66.8. The molecular formula is C20H31N2O8S2-. The fraction of sp³-hybridized carbons (Fsp3) is 0.550. The number of carbonyl (C=O) groups is 1. The van der Waals surface area contributed by atoms with Gasteiger partial charge in [-0.15, -0.1) is 0 Å². The molecule has 32 heavy (non-hydrogen) atoms. The van der Waals surface area contributed by atoms with Crippen LogP contribution in [0.25, 0.3) is 0 Å². The third-order valence-electron chi connectivity index (χ3n) is 3.96. The van der Waals surface area contributed by atoms with E-state index in [-0.39, 0.29) is 11.3 Å². The predicted octanol–water partition coefficient (Wildman–Crippen LogP) is 1.12. The van der Waals surface area contributed by atoms with E-state index >= 15 is 0 Å². The molecule has 0 aromatic heterocycles. The molecule has 0 unspecified atom stereocenters. The second-order valence-corrected chi connectivity index (χ2v) is 11.3. The summed E-state index contributed by atoms with van der Waals surface area (Å²) in [7, 11) is -7.78. The summed E-state index contributed by atoms with van der Waals surface area (Å²) >= 11 is 0. The summed E-state index contributed by atoms with van der Waals surface area (Å²) in [5.74, 6) is -0.455. The molecule has 1 aliphatic rings. The first-order valence-electron chi connectivity index (χ1n) is 9.86. The lowest BCUT2D eigenvalue weighted by Crippen LogP contribution is -2.39. The van der Waals surface area contributed by atoms with Crippen molar-refractivity contribution < 1.29 is 35.7 Å². The van der Waals surface area contributed by atoms with Gasteiger partial charge in [-0.1, -0.05) is 23.8 Å².